The third-order valence-electron chi connectivity index (χ3n) is 3.51. The van der Waals surface area contributed by atoms with Gasteiger partial charge in [-0.15, -0.1) is 0 Å². The van der Waals surface area contributed by atoms with Crippen molar-refractivity contribution in [3.8, 4) is 11.5 Å². The van der Waals surface area contributed by atoms with Gasteiger partial charge in [0.25, 0.3) is 0 Å². The minimum atomic E-state index is -1.06. The van der Waals surface area contributed by atoms with E-state index >= 15 is 0 Å². The topological polar surface area (TPSA) is 55.8 Å². The molecule has 0 radical (unpaired) electrons. The quantitative estimate of drug-likeness (QED) is 0.875. The highest BCUT2D eigenvalue weighted by molar-refractivity contribution is 5.85. The van der Waals surface area contributed by atoms with Gasteiger partial charge in [0.05, 0.1) is 18.6 Å². The first-order chi connectivity index (χ1) is 8.63. The second-order valence-electron chi connectivity index (χ2n) is 4.72. The van der Waals surface area contributed by atoms with Crippen LogP contribution < -0.4 is 9.47 Å². The van der Waals surface area contributed by atoms with Crippen molar-refractivity contribution in [2.24, 2.45) is 0 Å². The van der Waals surface area contributed by atoms with Crippen molar-refractivity contribution in [3.63, 3.8) is 0 Å². The van der Waals surface area contributed by atoms with Crippen LogP contribution in [0.25, 0.3) is 0 Å². The summed E-state index contributed by atoms with van der Waals surface area (Å²) < 4.78 is 24.8. The van der Waals surface area contributed by atoms with Crippen molar-refractivity contribution in [2.45, 2.75) is 24.7 Å². The van der Waals surface area contributed by atoms with Gasteiger partial charge >= 0.3 is 5.97 Å². The van der Waals surface area contributed by atoms with E-state index in [0.29, 0.717) is 37.6 Å². The number of ether oxygens (including phenoxy) is 2. The number of hydrogen-bond donors (Lipinski definition) is 1. The van der Waals surface area contributed by atoms with Crippen molar-refractivity contribution >= 4 is 5.97 Å². The van der Waals surface area contributed by atoms with E-state index in [4.69, 9.17) is 9.47 Å². The van der Waals surface area contributed by atoms with Gasteiger partial charge in [0.15, 0.2) is 11.5 Å². The number of carboxylic acid groups (broad SMARTS) is 1. The Bertz CT molecular complexity index is 508. The number of halogens is 1. The van der Waals surface area contributed by atoms with Gasteiger partial charge in [-0.2, -0.15) is 0 Å². The van der Waals surface area contributed by atoms with Gasteiger partial charge in [0.2, 0.25) is 0 Å². The fourth-order valence-corrected chi connectivity index (χ4v) is 2.27. The normalized spacial score (nSPS) is 20.1. The SMILES string of the molecule is O=C(O)C1(c2cc3c(cc2F)OCCCO3)CC1. The van der Waals surface area contributed by atoms with Crippen LogP contribution in [0.4, 0.5) is 4.39 Å². The molecule has 1 aromatic carbocycles. The van der Waals surface area contributed by atoms with Crippen LogP contribution in [0.5, 0.6) is 11.5 Å². The van der Waals surface area contributed by atoms with Crippen molar-refractivity contribution in [1.82, 2.24) is 0 Å². The smallest absolute Gasteiger partial charge is 0.314 e. The number of carbonyl (C=O) groups is 1. The van der Waals surface area contributed by atoms with Crippen LogP contribution in [0.1, 0.15) is 24.8 Å². The molecule has 3 rings (SSSR count). The molecule has 18 heavy (non-hydrogen) atoms. The standard InChI is InChI=1S/C13H13FO4/c14-9-7-11-10(17-4-1-5-18-11)6-8(9)13(2-3-13)12(15)16/h6-7H,1-5H2,(H,15,16). The van der Waals surface area contributed by atoms with Crippen molar-refractivity contribution in [2.75, 3.05) is 13.2 Å². The molecule has 1 aromatic rings. The number of benzene rings is 1. The van der Waals surface area contributed by atoms with E-state index in [9.17, 15) is 14.3 Å². The first kappa shape index (κ1) is 11.3. The summed E-state index contributed by atoms with van der Waals surface area (Å²) in [7, 11) is 0. The summed E-state index contributed by atoms with van der Waals surface area (Å²) in [5, 5.41) is 9.20. The second-order valence-corrected chi connectivity index (χ2v) is 4.72. The van der Waals surface area contributed by atoms with E-state index in [1.54, 1.807) is 0 Å². The number of fused-ring (bicyclic) bond motifs is 1. The summed E-state index contributed by atoms with van der Waals surface area (Å²) in [5.74, 6) is -0.707. The van der Waals surface area contributed by atoms with E-state index in [-0.39, 0.29) is 5.56 Å². The number of hydrogen-bond acceptors (Lipinski definition) is 3. The fraction of sp³-hybridized carbons (Fsp3) is 0.462. The third-order valence-corrected chi connectivity index (χ3v) is 3.51. The molecule has 0 saturated heterocycles. The predicted octanol–water partition coefficient (Wildman–Crippen LogP) is 2.10. The molecule has 0 bridgehead atoms. The zero-order valence-electron chi connectivity index (χ0n) is 9.74. The van der Waals surface area contributed by atoms with Gasteiger partial charge in [-0.3, -0.25) is 4.79 Å². The Kier molecular flexibility index (Phi) is 2.43. The Morgan fingerprint density at radius 3 is 2.39 bits per heavy atom. The minimum absolute atomic E-state index is 0.208. The molecule has 4 nitrogen and oxygen atoms in total. The molecule has 0 aromatic heterocycles. The van der Waals surface area contributed by atoms with Crippen LogP contribution in [0.3, 0.4) is 0 Å². The molecule has 0 amide bonds. The summed E-state index contributed by atoms with van der Waals surface area (Å²) in [4.78, 5) is 11.2. The molecule has 1 saturated carbocycles. The maximum Gasteiger partial charge on any atom is 0.314 e. The van der Waals surface area contributed by atoms with E-state index in [0.717, 1.165) is 6.42 Å². The Morgan fingerprint density at radius 1 is 1.22 bits per heavy atom. The van der Waals surface area contributed by atoms with Crippen LogP contribution in [0.15, 0.2) is 12.1 Å². The highest BCUT2D eigenvalue weighted by atomic mass is 19.1. The second kappa shape index (κ2) is 3.86. The summed E-state index contributed by atoms with van der Waals surface area (Å²) in [5.41, 5.74) is -0.853. The van der Waals surface area contributed by atoms with E-state index in [1.165, 1.54) is 12.1 Å². The maximum atomic E-state index is 14.0. The molecule has 0 spiro atoms. The average Bonchev–Trinajstić information content (AvgIpc) is 3.12. The molecule has 0 atom stereocenters. The summed E-state index contributed by atoms with van der Waals surface area (Å²) in [6.45, 7) is 0.980. The van der Waals surface area contributed by atoms with Gasteiger partial charge < -0.3 is 14.6 Å². The van der Waals surface area contributed by atoms with Crippen LogP contribution in [-0.2, 0) is 10.2 Å². The molecule has 5 heteroatoms. The van der Waals surface area contributed by atoms with Gasteiger partial charge in [-0.05, 0) is 18.9 Å². The zero-order chi connectivity index (χ0) is 12.8. The lowest BCUT2D eigenvalue weighted by Gasteiger charge is -2.15. The summed E-state index contributed by atoms with van der Waals surface area (Å²) in [6, 6.07) is 2.72. The highest BCUT2D eigenvalue weighted by Gasteiger charge is 2.53. The van der Waals surface area contributed by atoms with Crippen LogP contribution >= 0.6 is 0 Å². The number of aliphatic carboxylic acids is 1. The zero-order valence-corrected chi connectivity index (χ0v) is 9.74. The lowest BCUT2D eigenvalue weighted by molar-refractivity contribution is -0.140. The first-order valence-electron chi connectivity index (χ1n) is 5.96. The molecule has 1 N–H and O–H groups in total. The van der Waals surface area contributed by atoms with E-state index < -0.39 is 17.2 Å². The molecule has 1 aliphatic carbocycles. The largest absolute Gasteiger partial charge is 0.490 e. The Morgan fingerprint density at radius 2 is 1.83 bits per heavy atom. The van der Waals surface area contributed by atoms with Gasteiger partial charge in [0, 0.05) is 18.1 Å². The van der Waals surface area contributed by atoms with Gasteiger partial charge in [-0.1, -0.05) is 0 Å². The van der Waals surface area contributed by atoms with Crippen molar-refractivity contribution in [1.29, 1.82) is 0 Å². The lowest BCUT2D eigenvalue weighted by atomic mass is 9.95. The predicted molar refractivity (Wildman–Crippen MR) is 60.6 cm³/mol. The molecule has 96 valence electrons. The number of rotatable bonds is 2. The van der Waals surface area contributed by atoms with Crippen LogP contribution in [-0.4, -0.2) is 24.3 Å². The molecule has 1 heterocycles. The summed E-state index contributed by atoms with van der Waals surface area (Å²) >= 11 is 0. The number of carboxylic acids is 1. The molecule has 1 aliphatic heterocycles. The molecular formula is C13H13FO4. The third kappa shape index (κ3) is 1.62. The highest BCUT2D eigenvalue weighted by Crippen LogP contribution is 2.51. The molecule has 0 unspecified atom stereocenters. The summed E-state index contributed by atoms with van der Waals surface area (Å²) in [6.07, 6.45) is 1.67. The first-order valence-corrected chi connectivity index (χ1v) is 5.96. The van der Waals surface area contributed by atoms with E-state index in [1.807, 2.05) is 0 Å². The van der Waals surface area contributed by atoms with E-state index in [2.05, 4.69) is 0 Å². The monoisotopic (exact) mass is 252 g/mol. The average molecular weight is 252 g/mol. The van der Waals surface area contributed by atoms with Crippen molar-refractivity contribution in [3.05, 3.63) is 23.5 Å². The molecule has 1 fully saturated rings. The maximum absolute atomic E-state index is 14.0. The lowest BCUT2D eigenvalue weighted by Crippen LogP contribution is -2.21. The molecular weight excluding hydrogens is 239 g/mol. The van der Waals surface area contributed by atoms with Gasteiger partial charge in [-0.25, -0.2) is 4.39 Å². The Labute approximate surface area is 103 Å². The van der Waals surface area contributed by atoms with Crippen LogP contribution in [0, 0.1) is 5.82 Å². The van der Waals surface area contributed by atoms with Gasteiger partial charge in [0.1, 0.15) is 5.82 Å². The fourth-order valence-electron chi connectivity index (χ4n) is 2.27. The van der Waals surface area contributed by atoms with Crippen LogP contribution in [0.2, 0.25) is 0 Å². The minimum Gasteiger partial charge on any atom is -0.490 e. The molecule has 2 aliphatic rings. The Balaban J connectivity index is 2.06. The Hall–Kier alpha value is -1.78. The van der Waals surface area contributed by atoms with Crippen molar-refractivity contribution < 1.29 is 23.8 Å².